The molecule has 0 radical (unpaired) electrons. The SMILES string of the molecule is Cc1cnc(CC(=O)NOC2CCCCO2)cn1. The monoisotopic (exact) mass is 251 g/mol. The molecule has 1 aliphatic heterocycles. The van der Waals surface area contributed by atoms with E-state index in [0.717, 1.165) is 25.0 Å². The van der Waals surface area contributed by atoms with Crippen LogP contribution in [0.25, 0.3) is 0 Å². The summed E-state index contributed by atoms with van der Waals surface area (Å²) in [5.74, 6) is -0.248. The maximum atomic E-state index is 11.6. The number of amides is 1. The van der Waals surface area contributed by atoms with Gasteiger partial charge < -0.3 is 4.74 Å². The second-order valence-corrected chi connectivity index (χ2v) is 4.27. The number of hydrogen-bond donors (Lipinski definition) is 1. The highest BCUT2D eigenvalue weighted by atomic mass is 16.8. The van der Waals surface area contributed by atoms with Gasteiger partial charge in [0.05, 0.1) is 17.8 Å². The Morgan fingerprint density at radius 1 is 1.50 bits per heavy atom. The molecular weight excluding hydrogens is 234 g/mol. The lowest BCUT2D eigenvalue weighted by Gasteiger charge is -2.22. The molecule has 1 atom stereocenters. The van der Waals surface area contributed by atoms with Crippen molar-refractivity contribution in [2.45, 2.75) is 38.9 Å². The van der Waals surface area contributed by atoms with E-state index in [0.29, 0.717) is 12.3 Å². The number of aromatic nitrogens is 2. The minimum atomic E-state index is -0.327. The second-order valence-electron chi connectivity index (χ2n) is 4.27. The van der Waals surface area contributed by atoms with Crippen molar-refractivity contribution in [3.63, 3.8) is 0 Å². The Balaban J connectivity index is 1.73. The summed E-state index contributed by atoms with van der Waals surface area (Å²) >= 11 is 0. The van der Waals surface area contributed by atoms with Crippen LogP contribution in [0.3, 0.4) is 0 Å². The van der Waals surface area contributed by atoms with Crippen LogP contribution in [0, 0.1) is 6.92 Å². The van der Waals surface area contributed by atoms with Crippen molar-refractivity contribution < 1.29 is 14.4 Å². The minimum absolute atomic E-state index is 0.153. The van der Waals surface area contributed by atoms with Gasteiger partial charge in [0.1, 0.15) is 0 Å². The summed E-state index contributed by atoms with van der Waals surface area (Å²) in [7, 11) is 0. The number of ether oxygens (including phenoxy) is 1. The van der Waals surface area contributed by atoms with Crippen molar-refractivity contribution >= 4 is 5.91 Å². The lowest BCUT2D eigenvalue weighted by molar-refractivity contribution is -0.200. The third kappa shape index (κ3) is 4.05. The molecule has 0 aromatic carbocycles. The summed E-state index contributed by atoms with van der Waals surface area (Å²) in [5, 5.41) is 0. The quantitative estimate of drug-likeness (QED) is 0.805. The molecule has 1 aromatic heterocycles. The van der Waals surface area contributed by atoms with E-state index in [-0.39, 0.29) is 18.6 Å². The van der Waals surface area contributed by atoms with Crippen LogP contribution in [0.1, 0.15) is 30.7 Å². The second kappa shape index (κ2) is 6.42. The summed E-state index contributed by atoms with van der Waals surface area (Å²) in [6.07, 6.45) is 5.97. The molecule has 2 rings (SSSR count). The highest BCUT2D eigenvalue weighted by Gasteiger charge is 2.15. The molecule has 1 N–H and O–H groups in total. The summed E-state index contributed by atoms with van der Waals surface area (Å²) < 4.78 is 5.33. The van der Waals surface area contributed by atoms with E-state index in [2.05, 4.69) is 15.4 Å². The molecule has 0 saturated carbocycles. The van der Waals surface area contributed by atoms with Crippen LogP contribution in [0.5, 0.6) is 0 Å². The highest BCUT2D eigenvalue weighted by Crippen LogP contribution is 2.12. The summed E-state index contributed by atoms with van der Waals surface area (Å²) in [5.41, 5.74) is 3.83. The number of hydrogen-bond acceptors (Lipinski definition) is 5. The predicted molar refractivity (Wildman–Crippen MR) is 63.3 cm³/mol. The molecule has 1 aromatic rings. The number of nitrogens with one attached hydrogen (secondary N) is 1. The Morgan fingerprint density at radius 3 is 3.06 bits per heavy atom. The third-order valence-electron chi connectivity index (χ3n) is 2.62. The molecular formula is C12H17N3O3. The Hall–Kier alpha value is -1.53. The number of hydroxylamine groups is 1. The van der Waals surface area contributed by atoms with Gasteiger partial charge in [-0.3, -0.25) is 14.8 Å². The number of aryl methyl sites for hydroxylation is 1. The number of carbonyl (C=O) groups excluding carboxylic acids is 1. The standard InChI is InChI=1S/C12H17N3O3/c1-9-7-14-10(8-13-9)6-11(16)15-18-12-4-2-3-5-17-12/h7-8,12H,2-6H2,1H3,(H,15,16). The van der Waals surface area contributed by atoms with Gasteiger partial charge in [0.25, 0.3) is 0 Å². The van der Waals surface area contributed by atoms with Gasteiger partial charge in [-0.05, 0) is 19.8 Å². The average molecular weight is 251 g/mol. The fourth-order valence-corrected chi connectivity index (χ4v) is 1.65. The first-order valence-electron chi connectivity index (χ1n) is 6.07. The smallest absolute Gasteiger partial charge is 0.249 e. The van der Waals surface area contributed by atoms with E-state index >= 15 is 0 Å². The van der Waals surface area contributed by atoms with E-state index in [9.17, 15) is 4.79 Å². The Labute approximate surface area is 106 Å². The zero-order valence-electron chi connectivity index (χ0n) is 10.4. The summed E-state index contributed by atoms with van der Waals surface area (Å²) in [6, 6.07) is 0. The van der Waals surface area contributed by atoms with Crippen molar-refractivity contribution in [2.24, 2.45) is 0 Å². The first-order valence-corrected chi connectivity index (χ1v) is 6.07. The average Bonchev–Trinajstić information content (AvgIpc) is 2.40. The normalized spacial score (nSPS) is 19.5. The number of rotatable bonds is 4. The molecule has 1 aliphatic rings. The molecule has 0 aliphatic carbocycles. The van der Waals surface area contributed by atoms with Gasteiger partial charge in [0, 0.05) is 25.4 Å². The van der Waals surface area contributed by atoms with Crippen LogP contribution in [0.15, 0.2) is 12.4 Å². The Kier molecular flexibility index (Phi) is 4.60. The maximum absolute atomic E-state index is 11.6. The van der Waals surface area contributed by atoms with E-state index in [1.165, 1.54) is 0 Å². The molecule has 0 spiro atoms. The minimum Gasteiger partial charge on any atom is -0.350 e. The van der Waals surface area contributed by atoms with Gasteiger partial charge in [-0.2, -0.15) is 0 Å². The maximum Gasteiger partial charge on any atom is 0.249 e. The molecule has 1 saturated heterocycles. The number of nitrogens with zero attached hydrogens (tertiary/aromatic N) is 2. The third-order valence-corrected chi connectivity index (χ3v) is 2.62. The van der Waals surface area contributed by atoms with E-state index in [1.807, 2.05) is 6.92 Å². The van der Waals surface area contributed by atoms with E-state index in [1.54, 1.807) is 12.4 Å². The topological polar surface area (TPSA) is 73.3 Å². The zero-order chi connectivity index (χ0) is 12.8. The lowest BCUT2D eigenvalue weighted by atomic mass is 10.2. The highest BCUT2D eigenvalue weighted by molar-refractivity contribution is 5.76. The Morgan fingerprint density at radius 2 is 2.39 bits per heavy atom. The first kappa shape index (κ1) is 12.9. The van der Waals surface area contributed by atoms with Gasteiger partial charge in [-0.15, -0.1) is 0 Å². The Bertz CT molecular complexity index is 388. The van der Waals surface area contributed by atoms with Gasteiger partial charge >= 0.3 is 0 Å². The lowest BCUT2D eigenvalue weighted by Crippen LogP contribution is -2.34. The van der Waals surface area contributed by atoms with E-state index < -0.39 is 0 Å². The van der Waals surface area contributed by atoms with Crippen LogP contribution in [0.4, 0.5) is 0 Å². The molecule has 2 heterocycles. The van der Waals surface area contributed by atoms with Crippen LogP contribution < -0.4 is 5.48 Å². The van der Waals surface area contributed by atoms with Gasteiger partial charge in [0.2, 0.25) is 5.91 Å². The molecule has 0 bridgehead atoms. The predicted octanol–water partition coefficient (Wildman–Crippen LogP) is 0.902. The van der Waals surface area contributed by atoms with Crippen molar-refractivity contribution in [3.05, 3.63) is 23.8 Å². The molecule has 1 amide bonds. The summed E-state index contributed by atoms with van der Waals surface area (Å²) in [6.45, 7) is 2.53. The first-order chi connectivity index (χ1) is 8.74. The van der Waals surface area contributed by atoms with E-state index in [4.69, 9.17) is 9.57 Å². The molecule has 1 unspecified atom stereocenters. The molecule has 98 valence electrons. The number of carbonyl (C=O) groups is 1. The molecule has 6 nitrogen and oxygen atoms in total. The van der Waals surface area contributed by atoms with Crippen molar-refractivity contribution in [3.8, 4) is 0 Å². The van der Waals surface area contributed by atoms with Crippen molar-refractivity contribution in [1.29, 1.82) is 0 Å². The fraction of sp³-hybridized carbons (Fsp3) is 0.583. The van der Waals surface area contributed by atoms with Crippen molar-refractivity contribution in [1.82, 2.24) is 15.4 Å². The van der Waals surface area contributed by atoms with Crippen LogP contribution >= 0.6 is 0 Å². The molecule has 1 fully saturated rings. The van der Waals surface area contributed by atoms with Crippen LogP contribution in [-0.2, 0) is 20.8 Å². The molecule has 18 heavy (non-hydrogen) atoms. The van der Waals surface area contributed by atoms with Gasteiger partial charge in [-0.1, -0.05) is 0 Å². The zero-order valence-corrected chi connectivity index (χ0v) is 10.4. The van der Waals surface area contributed by atoms with Crippen molar-refractivity contribution in [2.75, 3.05) is 6.61 Å². The van der Waals surface area contributed by atoms with Gasteiger partial charge in [-0.25, -0.2) is 10.3 Å². The largest absolute Gasteiger partial charge is 0.350 e. The molecule has 6 heteroatoms. The fourth-order valence-electron chi connectivity index (χ4n) is 1.65. The van der Waals surface area contributed by atoms with Crippen LogP contribution in [-0.4, -0.2) is 28.8 Å². The van der Waals surface area contributed by atoms with Gasteiger partial charge in [0.15, 0.2) is 6.29 Å². The summed E-state index contributed by atoms with van der Waals surface area (Å²) in [4.78, 5) is 24.9. The van der Waals surface area contributed by atoms with Crippen LogP contribution in [0.2, 0.25) is 0 Å².